The quantitative estimate of drug-likeness (QED) is 0.712. The monoisotopic (exact) mass is 439 g/mol. The van der Waals surface area contributed by atoms with Crippen molar-refractivity contribution in [3.63, 3.8) is 0 Å². The molecule has 4 aliphatic rings. The lowest BCUT2D eigenvalue weighted by atomic mass is 9.61. The number of hydrogen-bond donors (Lipinski definition) is 1. The molecule has 7 nitrogen and oxygen atoms in total. The van der Waals surface area contributed by atoms with Crippen LogP contribution in [0.4, 0.5) is 0 Å². The summed E-state index contributed by atoms with van der Waals surface area (Å²) in [5.74, 6) is 0.0469. The van der Waals surface area contributed by atoms with Gasteiger partial charge in [-0.05, 0) is 81.4 Å². The predicted molar refractivity (Wildman–Crippen MR) is 120 cm³/mol. The van der Waals surface area contributed by atoms with Gasteiger partial charge in [0.2, 0.25) is 0 Å². The Morgan fingerprint density at radius 2 is 1.97 bits per heavy atom. The summed E-state index contributed by atoms with van der Waals surface area (Å²) >= 11 is 0. The highest BCUT2D eigenvalue weighted by Crippen LogP contribution is 2.62. The van der Waals surface area contributed by atoms with Crippen LogP contribution in [0.3, 0.4) is 0 Å². The van der Waals surface area contributed by atoms with E-state index in [0.717, 1.165) is 37.7 Å². The highest BCUT2D eigenvalue weighted by molar-refractivity contribution is 6.10. The summed E-state index contributed by atoms with van der Waals surface area (Å²) in [6.45, 7) is 3.37. The fraction of sp³-hybridized carbons (Fsp3) is 0.640. The van der Waals surface area contributed by atoms with Gasteiger partial charge in [0.15, 0.2) is 11.5 Å². The molecule has 0 bridgehead atoms. The number of esters is 1. The molecule has 1 atom stereocenters. The van der Waals surface area contributed by atoms with Crippen LogP contribution in [-0.4, -0.2) is 48.6 Å². The number of methoxy groups -OCH3 is 1. The summed E-state index contributed by atoms with van der Waals surface area (Å²) in [7, 11) is 1.75. The fourth-order valence-corrected chi connectivity index (χ4v) is 6.13. The number of aliphatic imine (C=N–C) groups is 1. The zero-order valence-corrected chi connectivity index (χ0v) is 19.2. The summed E-state index contributed by atoms with van der Waals surface area (Å²) in [6, 6.07) is 6.61. The number of fused-ring (bicyclic) bond motifs is 3. The maximum Gasteiger partial charge on any atom is 0.326 e. The molecule has 1 unspecified atom stereocenters. The van der Waals surface area contributed by atoms with E-state index < -0.39 is 11.5 Å². The van der Waals surface area contributed by atoms with Crippen molar-refractivity contribution in [2.75, 3.05) is 13.7 Å². The molecule has 172 valence electrons. The van der Waals surface area contributed by atoms with Crippen molar-refractivity contribution in [3.8, 4) is 0 Å². The van der Waals surface area contributed by atoms with Gasteiger partial charge in [-0.3, -0.25) is 14.5 Å². The molecular weight excluding hydrogens is 406 g/mol. The minimum Gasteiger partial charge on any atom is -0.462 e. The van der Waals surface area contributed by atoms with Gasteiger partial charge < -0.3 is 15.2 Å². The highest BCUT2D eigenvalue weighted by atomic mass is 16.5. The number of carbonyl (C=O) groups is 2. The van der Waals surface area contributed by atoms with Gasteiger partial charge in [0.05, 0.1) is 12.2 Å². The SMILES string of the molecule is CO[C@H]1CC[C@]2(CC1)Cc1ccc(C3CC3)cc1C21N=C(N)N(CC(=O)OC(C)C)C1=O. The van der Waals surface area contributed by atoms with Crippen LogP contribution in [0.15, 0.2) is 23.2 Å². The Bertz CT molecular complexity index is 975. The van der Waals surface area contributed by atoms with Crippen LogP contribution >= 0.6 is 0 Å². The van der Waals surface area contributed by atoms with E-state index in [4.69, 9.17) is 20.2 Å². The number of nitrogens with two attached hydrogens (primary N) is 1. The molecule has 7 heteroatoms. The Morgan fingerprint density at radius 3 is 2.59 bits per heavy atom. The molecule has 1 aromatic rings. The van der Waals surface area contributed by atoms with E-state index in [9.17, 15) is 9.59 Å². The molecule has 0 radical (unpaired) electrons. The van der Waals surface area contributed by atoms with Crippen LogP contribution in [0.5, 0.6) is 0 Å². The molecule has 2 saturated carbocycles. The third kappa shape index (κ3) is 3.16. The molecule has 1 amide bonds. The Balaban J connectivity index is 1.56. The van der Waals surface area contributed by atoms with Crippen LogP contribution in [-0.2, 0) is 31.0 Å². The van der Waals surface area contributed by atoms with Gasteiger partial charge in [-0.25, -0.2) is 4.99 Å². The first kappa shape index (κ1) is 21.4. The van der Waals surface area contributed by atoms with Crippen LogP contribution in [0.1, 0.15) is 75.0 Å². The van der Waals surface area contributed by atoms with Gasteiger partial charge in [0.25, 0.3) is 5.91 Å². The lowest BCUT2D eigenvalue weighted by molar-refractivity contribution is -0.152. The van der Waals surface area contributed by atoms with Gasteiger partial charge in [-0.15, -0.1) is 0 Å². The third-order valence-corrected chi connectivity index (χ3v) is 7.86. The molecule has 2 N–H and O–H groups in total. The first-order valence-corrected chi connectivity index (χ1v) is 11.8. The molecular formula is C25H33N3O4. The van der Waals surface area contributed by atoms with Crippen LogP contribution in [0, 0.1) is 5.41 Å². The van der Waals surface area contributed by atoms with E-state index in [1.54, 1.807) is 21.0 Å². The van der Waals surface area contributed by atoms with Crippen molar-refractivity contribution in [3.05, 3.63) is 34.9 Å². The number of nitrogens with zero attached hydrogens (tertiary/aromatic N) is 2. The molecule has 3 aliphatic carbocycles. The third-order valence-electron chi connectivity index (χ3n) is 7.86. The zero-order valence-electron chi connectivity index (χ0n) is 19.2. The number of hydrogen-bond acceptors (Lipinski definition) is 6. The largest absolute Gasteiger partial charge is 0.462 e. The van der Waals surface area contributed by atoms with Crippen molar-refractivity contribution in [2.24, 2.45) is 16.1 Å². The van der Waals surface area contributed by atoms with E-state index in [1.165, 1.54) is 28.9 Å². The van der Waals surface area contributed by atoms with Crippen LogP contribution in [0.25, 0.3) is 0 Å². The van der Waals surface area contributed by atoms with Crippen molar-refractivity contribution < 1.29 is 19.1 Å². The van der Waals surface area contributed by atoms with Crippen LogP contribution < -0.4 is 5.73 Å². The van der Waals surface area contributed by atoms with Gasteiger partial charge in [0.1, 0.15) is 6.54 Å². The van der Waals surface area contributed by atoms with Crippen molar-refractivity contribution in [2.45, 2.75) is 82.5 Å². The van der Waals surface area contributed by atoms with Crippen molar-refractivity contribution in [1.29, 1.82) is 0 Å². The van der Waals surface area contributed by atoms with Crippen molar-refractivity contribution in [1.82, 2.24) is 4.90 Å². The summed E-state index contributed by atoms with van der Waals surface area (Å²) < 4.78 is 10.9. The van der Waals surface area contributed by atoms with E-state index in [1.807, 2.05) is 0 Å². The Kier molecular flexibility index (Phi) is 5.08. The average molecular weight is 440 g/mol. The van der Waals surface area contributed by atoms with Crippen molar-refractivity contribution >= 4 is 17.8 Å². The Labute approximate surface area is 189 Å². The first-order valence-electron chi connectivity index (χ1n) is 11.8. The maximum absolute atomic E-state index is 14.1. The standard InChI is InChI=1S/C25H33N3O4/c1-15(2)32-21(29)14-28-22(30)25(27-23(28)26)20-12-17(16-4-5-16)6-7-18(20)13-24(25)10-8-19(31-3)9-11-24/h6-7,12,15-16,19H,4-5,8-11,13-14H2,1-3H3,(H2,26,27)/t19-,24-,25?. The number of benzene rings is 1. The fourth-order valence-electron chi connectivity index (χ4n) is 6.13. The number of ether oxygens (including phenoxy) is 2. The van der Waals surface area contributed by atoms with E-state index in [-0.39, 0.29) is 36.0 Å². The zero-order chi connectivity index (χ0) is 22.7. The number of amides is 1. The van der Waals surface area contributed by atoms with Gasteiger partial charge >= 0.3 is 5.97 Å². The minimum atomic E-state index is -1.06. The number of guanidine groups is 1. The Hall–Kier alpha value is -2.41. The molecule has 0 aromatic heterocycles. The minimum absolute atomic E-state index is 0.119. The van der Waals surface area contributed by atoms with Gasteiger partial charge in [0, 0.05) is 12.5 Å². The average Bonchev–Trinajstić information content (AvgIpc) is 3.53. The number of rotatable bonds is 5. The molecule has 1 aliphatic heterocycles. The second kappa shape index (κ2) is 7.58. The normalized spacial score (nSPS) is 31.5. The predicted octanol–water partition coefficient (Wildman–Crippen LogP) is 3.00. The van der Waals surface area contributed by atoms with E-state index >= 15 is 0 Å². The molecule has 1 aromatic carbocycles. The van der Waals surface area contributed by atoms with Crippen LogP contribution in [0.2, 0.25) is 0 Å². The van der Waals surface area contributed by atoms with E-state index in [0.29, 0.717) is 5.92 Å². The Morgan fingerprint density at radius 1 is 1.25 bits per heavy atom. The summed E-state index contributed by atoms with van der Waals surface area (Å²) in [5, 5.41) is 0. The molecule has 32 heavy (non-hydrogen) atoms. The molecule has 1 heterocycles. The second-order valence-corrected chi connectivity index (χ2v) is 10.2. The molecule has 2 spiro atoms. The smallest absolute Gasteiger partial charge is 0.326 e. The highest BCUT2D eigenvalue weighted by Gasteiger charge is 2.66. The molecule has 5 rings (SSSR count). The van der Waals surface area contributed by atoms with Gasteiger partial charge in [-0.2, -0.15) is 0 Å². The van der Waals surface area contributed by atoms with Gasteiger partial charge in [-0.1, -0.05) is 18.2 Å². The molecule has 0 saturated heterocycles. The lowest BCUT2D eigenvalue weighted by Crippen LogP contribution is -2.53. The van der Waals surface area contributed by atoms with E-state index in [2.05, 4.69) is 18.2 Å². The second-order valence-electron chi connectivity index (χ2n) is 10.2. The number of carbonyl (C=O) groups excluding carboxylic acids is 2. The molecule has 2 fully saturated rings. The lowest BCUT2D eigenvalue weighted by Gasteiger charge is -2.45. The summed E-state index contributed by atoms with van der Waals surface area (Å²) in [4.78, 5) is 32.8. The topological polar surface area (TPSA) is 94.2 Å². The maximum atomic E-state index is 14.1. The first-order chi connectivity index (χ1) is 15.3. The summed E-state index contributed by atoms with van der Waals surface area (Å²) in [5.41, 5.74) is 8.39. The summed E-state index contributed by atoms with van der Waals surface area (Å²) in [6.07, 6.45) is 6.60.